The molecule has 0 aromatic heterocycles. The molecule has 1 fully saturated rings. The highest BCUT2D eigenvalue weighted by molar-refractivity contribution is 5.36. The van der Waals surface area contributed by atoms with Gasteiger partial charge >= 0.3 is 0 Å². The van der Waals surface area contributed by atoms with Crippen LogP contribution in [0, 0.1) is 5.92 Å². The average molecular weight is 257 g/mol. The molecule has 1 heteroatoms. The summed E-state index contributed by atoms with van der Waals surface area (Å²) >= 11 is 0. The van der Waals surface area contributed by atoms with Crippen molar-refractivity contribution >= 4 is 0 Å². The number of hydrogen-bond acceptors (Lipinski definition) is 1. The zero-order chi connectivity index (χ0) is 13.1. The van der Waals surface area contributed by atoms with Gasteiger partial charge in [-0.1, -0.05) is 38.0 Å². The highest BCUT2D eigenvalue weighted by Crippen LogP contribution is 2.36. The van der Waals surface area contributed by atoms with Crippen LogP contribution >= 0.6 is 0 Å². The van der Waals surface area contributed by atoms with Gasteiger partial charge in [0, 0.05) is 6.04 Å². The summed E-state index contributed by atoms with van der Waals surface area (Å²) in [5, 5.41) is 3.76. The van der Waals surface area contributed by atoms with Crippen LogP contribution in [0.1, 0.15) is 68.2 Å². The third-order valence-electron chi connectivity index (χ3n) is 4.73. The third-order valence-corrected chi connectivity index (χ3v) is 4.73. The molecule has 0 heterocycles. The Labute approximate surface area is 117 Å². The lowest BCUT2D eigenvalue weighted by molar-refractivity contribution is 0.470. The molecule has 2 aliphatic carbocycles. The van der Waals surface area contributed by atoms with Crippen molar-refractivity contribution in [2.24, 2.45) is 5.92 Å². The van der Waals surface area contributed by atoms with Crippen molar-refractivity contribution in [1.29, 1.82) is 0 Å². The Bertz CT molecular complexity index is 420. The van der Waals surface area contributed by atoms with Crippen molar-refractivity contribution in [1.82, 2.24) is 5.32 Å². The monoisotopic (exact) mass is 257 g/mol. The van der Waals surface area contributed by atoms with Crippen molar-refractivity contribution < 1.29 is 0 Å². The van der Waals surface area contributed by atoms with Gasteiger partial charge in [0.1, 0.15) is 0 Å². The molecule has 1 N–H and O–H groups in total. The SMILES string of the molecule is CCCNC(CCC1CC1)c1ccc2c(c1)CCC2. The third kappa shape index (κ3) is 3.39. The molecule has 1 aromatic carbocycles. The molecule has 1 saturated carbocycles. The molecule has 0 radical (unpaired) electrons. The van der Waals surface area contributed by atoms with Gasteiger partial charge in [-0.05, 0) is 67.7 Å². The van der Waals surface area contributed by atoms with Crippen LogP contribution in [-0.4, -0.2) is 6.54 Å². The van der Waals surface area contributed by atoms with Gasteiger partial charge < -0.3 is 5.32 Å². The van der Waals surface area contributed by atoms with Gasteiger partial charge in [0.05, 0.1) is 0 Å². The molecular weight excluding hydrogens is 230 g/mol. The molecule has 104 valence electrons. The van der Waals surface area contributed by atoms with Crippen LogP contribution in [0.3, 0.4) is 0 Å². The normalized spacial score (nSPS) is 19.4. The van der Waals surface area contributed by atoms with Crippen LogP contribution in [0.2, 0.25) is 0 Å². The van der Waals surface area contributed by atoms with Crippen LogP contribution in [0.25, 0.3) is 0 Å². The van der Waals surface area contributed by atoms with Gasteiger partial charge in [-0.2, -0.15) is 0 Å². The Morgan fingerprint density at radius 2 is 2.05 bits per heavy atom. The fourth-order valence-electron chi connectivity index (χ4n) is 3.32. The molecule has 1 nitrogen and oxygen atoms in total. The predicted molar refractivity (Wildman–Crippen MR) is 81.5 cm³/mol. The largest absolute Gasteiger partial charge is 0.310 e. The van der Waals surface area contributed by atoms with Crippen molar-refractivity contribution in [2.45, 2.75) is 64.3 Å². The first-order valence-electron chi connectivity index (χ1n) is 8.22. The summed E-state index contributed by atoms with van der Waals surface area (Å²) in [7, 11) is 0. The topological polar surface area (TPSA) is 12.0 Å². The van der Waals surface area contributed by atoms with Crippen LogP contribution in [-0.2, 0) is 12.8 Å². The number of nitrogens with one attached hydrogen (secondary N) is 1. The number of fused-ring (bicyclic) bond motifs is 1. The number of aryl methyl sites for hydroxylation is 2. The predicted octanol–water partition coefficient (Wildman–Crippen LogP) is 4.41. The summed E-state index contributed by atoms with van der Waals surface area (Å²) in [5.41, 5.74) is 4.75. The molecule has 3 rings (SSSR count). The Kier molecular flexibility index (Phi) is 4.22. The van der Waals surface area contributed by atoms with Gasteiger partial charge in [0.15, 0.2) is 0 Å². The smallest absolute Gasteiger partial charge is 0.0320 e. The van der Waals surface area contributed by atoms with Crippen LogP contribution in [0.15, 0.2) is 18.2 Å². The van der Waals surface area contributed by atoms with Crippen molar-refractivity contribution in [3.63, 3.8) is 0 Å². The fraction of sp³-hybridized carbons (Fsp3) is 0.667. The summed E-state index contributed by atoms with van der Waals surface area (Å²) < 4.78 is 0. The molecule has 0 amide bonds. The van der Waals surface area contributed by atoms with E-state index in [0.717, 1.165) is 12.5 Å². The summed E-state index contributed by atoms with van der Waals surface area (Å²) in [6, 6.07) is 7.84. The van der Waals surface area contributed by atoms with Crippen LogP contribution in [0.5, 0.6) is 0 Å². The first-order valence-corrected chi connectivity index (χ1v) is 8.22. The van der Waals surface area contributed by atoms with E-state index in [1.165, 1.54) is 56.9 Å². The highest BCUT2D eigenvalue weighted by atomic mass is 14.9. The van der Waals surface area contributed by atoms with Gasteiger partial charge in [0.25, 0.3) is 0 Å². The second kappa shape index (κ2) is 6.09. The minimum absolute atomic E-state index is 0.589. The van der Waals surface area contributed by atoms with Crippen molar-refractivity contribution in [2.75, 3.05) is 6.54 Å². The Morgan fingerprint density at radius 1 is 1.21 bits per heavy atom. The molecule has 19 heavy (non-hydrogen) atoms. The molecule has 2 aliphatic rings. The zero-order valence-corrected chi connectivity index (χ0v) is 12.3. The van der Waals surface area contributed by atoms with E-state index >= 15 is 0 Å². The number of benzene rings is 1. The Hall–Kier alpha value is -0.820. The van der Waals surface area contributed by atoms with E-state index < -0.39 is 0 Å². The van der Waals surface area contributed by atoms with E-state index in [0.29, 0.717) is 6.04 Å². The quantitative estimate of drug-likeness (QED) is 0.763. The van der Waals surface area contributed by atoms with E-state index in [4.69, 9.17) is 0 Å². The zero-order valence-electron chi connectivity index (χ0n) is 12.3. The van der Waals surface area contributed by atoms with E-state index in [2.05, 4.69) is 30.4 Å². The van der Waals surface area contributed by atoms with Gasteiger partial charge in [-0.25, -0.2) is 0 Å². The molecular formula is C18H27N. The molecule has 0 aliphatic heterocycles. The van der Waals surface area contributed by atoms with Crippen molar-refractivity contribution in [3.05, 3.63) is 34.9 Å². The maximum Gasteiger partial charge on any atom is 0.0320 e. The highest BCUT2D eigenvalue weighted by Gasteiger charge is 2.23. The molecule has 0 spiro atoms. The lowest BCUT2D eigenvalue weighted by Gasteiger charge is -2.20. The molecule has 0 saturated heterocycles. The molecule has 1 aromatic rings. The summed E-state index contributed by atoms with van der Waals surface area (Å²) in [6.45, 7) is 3.40. The summed E-state index contributed by atoms with van der Waals surface area (Å²) in [5.74, 6) is 1.04. The van der Waals surface area contributed by atoms with Gasteiger partial charge in [-0.3, -0.25) is 0 Å². The summed E-state index contributed by atoms with van der Waals surface area (Å²) in [6.07, 6.45) is 10.9. The van der Waals surface area contributed by atoms with E-state index in [1.807, 2.05) is 0 Å². The average Bonchev–Trinajstić information content (AvgIpc) is 3.14. The van der Waals surface area contributed by atoms with Crippen LogP contribution in [0.4, 0.5) is 0 Å². The van der Waals surface area contributed by atoms with E-state index in [9.17, 15) is 0 Å². The second-order valence-electron chi connectivity index (χ2n) is 6.41. The lowest BCUT2D eigenvalue weighted by atomic mass is 9.97. The number of rotatable bonds is 7. The minimum atomic E-state index is 0.589. The standard InChI is InChI=1S/C18H27N/c1-2-12-19-18(11-8-14-6-7-14)17-10-9-15-4-3-5-16(15)13-17/h9-10,13-14,18-19H,2-8,11-12H2,1H3. The maximum absolute atomic E-state index is 3.76. The van der Waals surface area contributed by atoms with Gasteiger partial charge in [-0.15, -0.1) is 0 Å². The van der Waals surface area contributed by atoms with Crippen molar-refractivity contribution in [3.8, 4) is 0 Å². The first kappa shape index (κ1) is 13.2. The Morgan fingerprint density at radius 3 is 2.84 bits per heavy atom. The van der Waals surface area contributed by atoms with Gasteiger partial charge in [0.2, 0.25) is 0 Å². The van der Waals surface area contributed by atoms with E-state index in [1.54, 1.807) is 11.1 Å². The molecule has 1 atom stereocenters. The second-order valence-corrected chi connectivity index (χ2v) is 6.41. The first-order chi connectivity index (χ1) is 9.36. The van der Waals surface area contributed by atoms with Crippen LogP contribution < -0.4 is 5.32 Å². The number of hydrogen-bond donors (Lipinski definition) is 1. The summed E-state index contributed by atoms with van der Waals surface area (Å²) in [4.78, 5) is 0. The van der Waals surface area contributed by atoms with E-state index in [-0.39, 0.29) is 0 Å². The molecule has 0 bridgehead atoms. The Balaban J connectivity index is 1.69. The lowest BCUT2D eigenvalue weighted by Crippen LogP contribution is -2.22. The maximum atomic E-state index is 3.76. The fourth-order valence-corrected chi connectivity index (χ4v) is 3.32. The minimum Gasteiger partial charge on any atom is -0.310 e. The molecule has 1 unspecified atom stereocenters.